The molecule has 1 aromatic heterocycles. The first-order chi connectivity index (χ1) is 17.4. The van der Waals surface area contributed by atoms with Gasteiger partial charge in [0.05, 0.1) is 12.0 Å². The van der Waals surface area contributed by atoms with E-state index in [1.54, 1.807) is 11.8 Å². The molecule has 200 valence electrons. The van der Waals surface area contributed by atoms with E-state index in [1.165, 1.54) is 18.2 Å². The lowest BCUT2D eigenvalue weighted by Crippen LogP contribution is -2.58. The Morgan fingerprint density at radius 1 is 1.14 bits per heavy atom. The zero-order chi connectivity index (χ0) is 27.0. The number of nitrogens with zero attached hydrogens (tertiary/aromatic N) is 3. The van der Waals surface area contributed by atoms with Gasteiger partial charge in [0.1, 0.15) is 10.7 Å². The van der Waals surface area contributed by atoms with E-state index in [1.807, 2.05) is 0 Å². The molecule has 1 N–H and O–H groups in total. The summed E-state index contributed by atoms with van der Waals surface area (Å²) in [6.07, 6.45) is -1.34. The summed E-state index contributed by atoms with van der Waals surface area (Å²) in [5.74, 6) is -3.68. The van der Waals surface area contributed by atoms with Crippen molar-refractivity contribution in [3.05, 3.63) is 62.8 Å². The standard InChI is InChI=1S/C25H28F4N4O4/c1-3-17-15-18(33(30-21(17)34)37-23(36)25(27,28)29)13-16-5-6-20(26)19(14-16)22(35)32-11-8-24(9-12-32)7-4-10-31(24)2/h5-6,14-15H,3-4,7-13H2,1-2H3/p+1. The lowest BCUT2D eigenvalue weighted by molar-refractivity contribution is -0.921. The number of aromatic nitrogens is 2. The van der Waals surface area contributed by atoms with Gasteiger partial charge < -0.3 is 9.80 Å². The summed E-state index contributed by atoms with van der Waals surface area (Å²) < 4.78 is 53.0. The van der Waals surface area contributed by atoms with Gasteiger partial charge in [-0.1, -0.05) is 18.1 Å². The molecule has 0 radical (unpaired) electrons. The minimum atomic E-state index is -5.28. The number of nitrogens with one attached hydrogen (secondary N) is 1. The molecule has 0 unspecified atom stereocenters. The van der Waals surface area contributed by atoms with Crippen LogP contribution in [0.2, 0.25) is 0 Å². The number of aryl methyl sites for hydroxylation is 1. The van der Waals surface area contributed by atoms with Gasteiger partial charge in [0, 0.05) is 30.3 Å². The molecule has 0 aliphatic carbocycles. The zero-order valence-electron chi connectivity index (χ0n) is 20.7. The maximum absolute atomic E-state index is 14.7. The fraction of sp³-hybridized carbons (Fsp3) is 0.520. The SMILES string of the molecule is CCc1cc(Cc2ccc(F)c(C(=O)N3CCC4(CCCN4C)CC3)c2)[n+](OC(=O)C(F)(F)F)[nH]c1=O. The first-order valence-electron chi connectivity index (χ1n) is 12.2. The molecule has 2 saturated heterocycles. The topological polar surface area (TPSA) is 86.6 Å². The summed E-state index contributed by atoms with van der Waals surface area (Å²) in [6.45, 7) is 3.70. The second kappa shape index (κ2) is 10.2. The van der Waals surface area contributed by atoms with Crippen molar-refractivity contribution in [1.82, 2.24) is 14.9 Å². The van der Waals surface area contributed by atoms with Crippen LogP contribution in [0, 0.1) is 5.82 Å². The average Bonchev–Trinajstić information content (AvgIpc) is 3.20. The molecule has 0 saturated carbocycles. The second-order valence-electron chi connectivity index (χ2n) is 9.66. The predicted molar refractivity (Wildman–Crippen MR) is 123 cm³/mol. The summed E-state index contributed by atoms with van der Waals surface area (Å²) in [6, 6.07) is 5.17. The van der Waals surface area contributed by atoms with Crippen LogP contribution in [-0.4, -0.2) is 65.2 Å². The van der Waals surface area contributed by atoms with E-state index in [4.69, 9.17) is 0 Å². The van der Waals surface area contributed by atoms with E-state index in [-0.39, 0.29) is 35.2 Å². The molecule has 2 aliphatic heterocycles. The Morgan fingerprint density at radius 3 is 2.43 bits per heavy atom. The van der Waals surface area contributed by atoms with Crippen molar-refractivity contribution in [2.24, 2.45) is 0 Å². The summed E-state index contributed by atoms with van der Waals surface area (Å²) >= 11 is 0. The highest BCUT2D eigenvalue weighted by Crippen LogP contribution is 2.37. The van der Waals surface area contributed by atoms with Gasteiger partial charge in [0.2, 0.25) is 0 Å². The number of piperidine rings is 1. The largest absolute Gasteiger partial charge is 0.498 e. The van der Waals surface area contributed by atoms with Crippen molar-refractivity contribution in [2.75, 3.05) is 26.7 Å². The molecule has 4 rings (SSSR count). The smallest absolute Gasteiger partial charge is 0.338 e. The van der Waals surface area contributed by atoms with Gasteiger partial charge in [0.25, 0.3) is 11.6 Å². The van der Waals surface area contributed by atoms with Crippen molar-refractivity contribution >= 4 is 11.9 Å². The second-order valence-corrected chi connectivity index (χ2v) is 9.66. The Hall–Kier alpha value is -3.28. The maximum Gasteiger partial charge on any atom is 0.498 e. The Kier molecular flexibility index (Phi) is 7.40. The highest BCUT2D eigenvalue weighted by molar-refractivity contribution is 5.94. The molecule has 1 amide bonds. The first-order valence-corrected chi connectivity index (χ1v) is 12.2. The van der Waals surface area contributed by atoms with Crippen LogP contribution in [0.4, 0.5) is 17.6 Å². The van der Waals surface area contributed by atoms with Crippen LogP contribution in [-0.2, 0) is 17.6 Å². The molecule has 3 heterocycles. The fourth-order valence-corrected chi connectivity index (χ4v) is 5.22. The van der Waals surface area contributed by atoms with E-state index < -0.39 is 29.4 Å². The van der Waals surface area contributed by atoms with Crippen LogP contribution < -0.4 is 15.2 Å². The van der Waals surface area contributed by atoms with Gasteiger partial charge in [-0.2, -0.15) is 18.0 Å². The van der Waals surface area contributed by atoms with E-state index in [0.29, 0.717) is 23.5 Å². The number of H-pyrrole nitrogens is 1. The number of halogens is 4. The molecule has 8 nitrogen and oxygen atoms in total. The van der Waals surface area contributed by atoms with Crippen LogP contribution in [0.3, 0.4) is 0 Å². The quantitative estimate of drug-likeness (QED) is 0.478. The Morgan fingerprint density at radius 2 is 1.84 bits per heavy atom. The molecule has 2 fully saturated rings. The maximum atomic E-state index is 14.7. The lowest BCUT2D eigenvalue weighted by atomic mass is 9.85. The van der Waals surface area contributed by atoms with Gasteiger partial charge in [-0.25, -0.2) is 9.18 Å². The zero-order valence-corrected chi connectivity index (χ0v) is 20.7. The minimum Gasteiger partial charge on any atom is -0.338 e. The summed E-state index contributed by atoms with van der Waals surface area (Å²) in [5, 5.41) is 2.11. The van der Waals surface area contributed by atoms with Gasteiger partial charge in [-0.05, 0) is 63.4 Å². The monoisotopic (exact) mass is 525 g/mol. The highest BCUT2D eigenvalue weighted by Gasteiger charge is 2.46. The van der Waals surface area contributed by atoms with Gasteiger partial charge >= 0.3 is 17.7 Å². The molecule has 12 heteroatoms. The number of benzene rings is 1. The number of hydrogen-bond acceptors (Lipinski definition) is 5. The number of aromatic amines is 1. The summed E-state index contributed by atoms with van der Waals surface area (Å²) in [5.41, 5.74) is -0.117. The van der Waals surface area contributed by atoms with Crippen LogP contribution in [0.15, 0.2) is 29.1 Å². The Bertz CT molecular complexity index is 1250. The molecule has 1 spiro atoms. The van der Waals surface area contributed by atoms with Gasteiger partial charge in [0.15, 0.2) is 0 Å². The highest BCUT2D eigenvalue weighted by atomic mass is 19.4. The van der Waals surface area contributed by atoms with Crippen LogP contribution in [0.1, 0.15) is 59.8 Å². The average molecular weight is 526 g/mol. The molecule has 0 atom stereocenters. The van der Waals surface area contributed by atoms with E-state index in [2.05, 4.69) is 21.9 Å². The third kappa shape index (κ3) is 5.53. The van der Waals surface area contributed by atoms with Crippen molar-refractivity contribution < 1.29 is 36.8 Å². The minimum absolute atomic E-state index is 0.0169. The number of likely N-dealkylation sites (tertiary alicyclic amines) is 2. The lowest BCUT2D eigenvalue weighted by Gasteiger charge is -2.43. The van der Waals surface area contributed by atoms with Gasteiger partial charge in [-0.3, -0.25) is 9.59 Å². The third-order valence-electron chi connectivity index (χ3n) is 7.46. The normalized spacial score (nSPS) is 17.8. The summed E-state index contributed by atoms with van der Waals surface area (Å²) in [4.78, 5) is 45.4. The van der Waals surface area contributed by atoms with Gasteiger partial charge in [-0.15, -0.1) is 0 Å². The number of carbonyl (C=O) groups excluding carboxylic acids is 2. The molecule has 0 bridgehead atoms. The number of hydrogen-bond donors (Lipinski definition) is 1. The third-order valence-corrected chi connectivity index (χ3v) is 7.46. The molecule has 37 heavy (non-hydrogen) atoms. The predicted octanol–water partition coefficient (Wildman–Crippen LogP) is 2.17. The molecular formula is C25H29F4N4O4+. The molecule has 1 aromatic carbocycles. The number of amides is 1. The summed E-state index contributed by atoms with van der Waals surface area (Å²) in [7, 11) is 2.09. The Labute approximate surface area is 210 Å². The number of alkyl halides is 3. The van der Waals surface area contributed by atoms with Crippen molar-refractivity contribution in [2.45, 2.75) is 57.2 Å². The van der Waals surface area contributed by atoms with Crippen LogP contribution >= 0.6 is 0 Å². The van der Waals surface area contributed by atoms with E-state index in [9.17, 15) is 31.9 Å². The van der Waals surface area contributed by atoms with Crippen molar-refractivity contribution in [1.29, 1.82) is 0 Å². The van der Waals surface area contributed by atoms with Crippen molar-refractivity contribution in [3.8, 4) is 0 Å². The van der Waals surface area contributed by atoms with Crippen molar-refractivity contribution in [3.63, 3.8) is 0 Å². The van der Waals surface area contributed by atoms with E-state index in [0.717, 1.165) is 38.3 Å². The fourth-order valence-electron chi connectivity index (χ4n) is 5.22. The molecule has 2 aromatic rings. The van der Waals surface area contributed by atoms with Crippen LogP contribution in [0.5, 0.6) is 0 Å². The number of carbonyl (C=O) groups is 2. The number of rotatable bonds is 5. The van der Waals surface area contributed by atoms with E-state index >= 15 is 0 Å². The van der Waals surface area contributed by atoms with Crippen LogP contribution in [0.25, 0.3) is 0 Å². The first kappa shape index (κ1) is 26.8. The molecular weight excluding hydrogens is 496 g/mol. The molecule has 2 aliphatic rings. The Balaban J connectivity index is 1.57.